The molecule has 0 spiro atoms. The summed E-state index contributed by atoms with van der Waals surface area (Å²) in [6, 6.07) is 38.6. The normalized spacial score (nSPS) is 13.7. The molecule has 0 fully saturated rings. The summed E-state index contributed by atoms with van der Waals surface area (Å²) in [5.41, 5.74) is 11.6. The van der Waals surface area contributed by atoms with Crippen molar-refractivity contribution in [3.63, 3.8) is 0 Å². The van der Waals surface area contributed by atoms with Gasteiger partial charge >= 0.3 is 0 Å². The van der Waals surface area contributed by atoms with E-state index < -0.39 is 0 Å². The second-order valence-corrected chi connectivity index (χ2v) is 9.89. The molecular formula is C33H25NO. The van der Waals surface area contributed by atoms with Gasteiger partial charge in [-0.15, -0.1) is 0 Å². The molecule has 35 heavy (non-hydrogen) atoms. The zero-order valence-electron chi connectivity index (χ0n) is 19.8. The minimum atomic E-state index is -0.0293. The van der Waals surface area contributed by atoms with Crippen LogP contribution in [0.2, 0.25) is 0 Å². The zero-order chi connectivity index (χ0) is 23.6. The van der Waals surface area contributed by atoms with E-state index in [0.29, 0.717) is 0 Å². The number of hydrogen-bond donors (Lipinski definition) is 1. The SMILES string of the molecule is CC1(C)c2ccccc2-c2ccc(Nc3ccc(-c4ccccc4)c4oc5ccccc5c34)cc21. The third kappa shape index (κ3) is 2.96. The van der Waals surface area contributed by atoms with Gasteiger partial charge in [-0.25, -0.2) is 0 Å². The number of para-hydroxylation sites is 1. The van der Waals surface area contributed by atoms with Crippen LogP contribution in [0.1, 0.15) is 25.0 Å². The van der Waals surface area contributed by atoms with Gasteiger partial charge in [0.25, 0.3) is 0 Å². The van der Waals surface area contributed by atoms with Crippen LogP contribution in [0.5, 0.6) is 0 Å². The summed E-state index contributed by atoms with van der Waals surface area (Å²) >= 11 is 0. The molecule has 0 bridgehead atoms. The lowest BCUT2D eigenvalue weighted by Crippen LogP contribution is -2.15. The van der Waals surface area contributed by atoms with Gasteiger partial charge in [-0.1, -0.05) is 92.7 Å². The Hall–Kier alpha value is -4.30. The first-order chi connectivity index (χ1) is 17.1. The van der Waals surface area contributed by atoms with Crippen molar-refractivity contribution in [1.82, 2.24) is 0 Å². The molecule has 0 atom stereocenters. The monoisotopic (exact) mass is 451 g/mol. The van der Waals surface area contributed by atoms with E-state index in [-0.39, 0.29) is 5.41 Å². The molecule has 1 N–H and O–H groups in total. The minimum Gasteiger partial charge on any atom is -0.455 e. The lowest BCUT2D eigenvalue weighted by Gasteiger charge is -2.22. The Morgan fingerprint density at radius 3 is 2.23 bits per heavy atom. The third-order valence-corrected chi connectivity index (χ3v) is 7.47. The first kappa shape index (κ1) is 20.1. The van der Waals surface area contributed by atoms with Gasteiger partial charge in [0.1, 0.15) is 11.2 Å². The number of anilines is 2. The van der Waals surface area contributed by atoms with Crippen LogP contribution in [0.3, 0.4) is 0 Å². The Balaban J connectivity index is 1.39. The molecule has 2 nitrogen and oxygen atoms in total. The van der Waals surface area contributed by atoms with Crippen molar-refractivity contribution in [2.45, 2.75) is 19.3 Å². The molecule has 1 aromatic heterocycles. The van der Waals surface area contributed by atoms with Crippen LogP contribution in [0.4, 0.5) is 11.4 Å². The number of furan rings is 1. The van der Waals surface area contributed by atoms with Gasteiger partial charge in [-0.2, -0.15) is 0 Å². The zero-order valence-corrected chi connectivity index (χ0v) is 19.8. The molecule has 1 aliphatic rings. The van der Waals surface area contributed by atoms with Crippen molar-refractivity contribution in [1.29, 1.82) is 0 Å². The maximum atomic E-state index is 6.43. The van der Waals surface area contributed by atoms with E-state index in [1.54, 1.807) is 0 Å². The lowest BCUT2D eigenvalue weighted by atomic mass is 9.82. The molecule has 168 valence electrons. The fourth-order valence-corrected chi connectivity index (χ4v) is 5.71. The van der Waals surface area contributed by atoms with Gasteiger partial charge in [-0.3, -0.25) is 0 Å². The molecule has 0 aliphatic heterocycles. The predicted molar refractivity (Wildman–Crippen MR) is 146 cm³/mol. The van der Waals surface area contributed by atoms with Crippen molar-refractivity contribution in [3.05, 3.63) is 120 Å². The van der Waals surface area contributed by atoms with Gasteiger partial charge in [0, 0.05) is 22.1 Å². The summed E-state index contributed by atoms with van der Waals surface area (Å²) < 4.78 is 6.43. The quantitative estimate of drug-likeness (QED) is 0.290. The summed E-state index contributed by atoms with van der Waals surface area (Å²) in [6.07, 6.45) is 0. The molecule has 0 radical (unpaired) electrons. The molecule has 1 heterocycles. The lowest BCUT2D eigenvalue weighted by molar-refractivity contribution is 0.660. The number of benzene rings is 5. The molecule has 0 unspecified atom stereocenters. The Kier molecular flexibility index (Phi) is 4.22. The summed E-state index contributed by atoms with van der Waals surface area (Å²) in [7, 11) is 0. The highest BCUT2D eigenvalue weighted by molar-refractivity contribution is 6.16. The van der Waals surface area contributed by atoms with Crippen molar-refractivity contribution in [2.24, 2.45) is 0 Å². The highest BCUT2D eigenvalue weighted by Gasteiger charge is 2.35. The Bertz CT molecular complexity index is 1740. The number of rotatable bonds is 3. The Morgan fingerprint density at radius 2 is 1.34 bits per heavy atom. The third-order valence-electron chi connectivity index (χ3n) is 7.47. The fraction of sp³-hybridized carbons (Fsp3) is 0.0909. The Morgan fingerprint density at radius 1 is 0.629 bits per heavy atom. The van der Waals surface area contributed by atoms with E-state index in [1.165, 1.54) is 22.3 Å². The van der Waals surface area contributed by atoms with Crippen LogP contribution in [-0.4, -0.2) is 0 Å². The van der Waals surface area contributed by atoms with Gasteiger partial charge < -0.3 is 9.73 Å². The van der Waals surface area contributed by atoms with Gasteiger partial charge in [0.2, 0.25) is 0 Å². The first-order valence-electron chi connectivity index (χ1n) is 12.1. The maximum absolute atomic E-state index is 6.43. The predicted octanol–water partition coefficient (Wildman–Crippen LogP) is 9.30. The molecule has 0 saturated heterocycles. The van der Waals surface area contributed by atoms with Crippen LogP contribution in [0.25, 0.3) is 44.2 Å². The number of fused-ring (bicyclic) bond motifs is 6. The van der Waals surface area contributed by atoms with Crippen LogP contribution in [-0.2, 0) is 5.41 Å². The van der Waals surface area contributed by atoms with Gasteiger partial charge in [-0.05, 0) is 58.1 Å². The van der Waals surface area contributed by atoms with E-state index in [1.807, 2.05) is 18.2 Å². The summed E-state index contributed by atoms with van der Waals surface area (Å²) in [4.78, 5) is 0. The van der Waals surface area contributed by atoms with Crippen molar-refractivity contribution in [2.75, 3.05) is 5.32 Å². The average Bonchev–Trinajstić information content (AvgIpc) is 3.39. The molecule has 6 aromatic rings. The van der Waals surface area contributed by atoms with Crippen LogP contribution < -0.4 is 5.32 Å². The van der Waals surface area contributed by atoms with Crippen LogP contribution in [0.15, 0.2) is 114 Å². The van der Waals surface area contributed by atoms with E-state index in [9.17, 15) is 0 Å². The van der Waals surface area contributed by atoms with Gasteiger partial charge in [0.15, 0.2) is 0 Å². The molecular weight excluding hydrogens is 426 g/mol. The summed E-state index contributed by atoms with van der Waals surface area (Å²) in [6.45, 7) is 4.63. The van der Waals surface area contributed by atoms with E-state index in [2.05, 4.69) is 110 Å². The van der Waals surface area contributed by atoms with Gasteiger partial charge in [0.05, 0.1) is 11.1 Å². The first-order valence-corrected chi connectivity index (χ1v) is 12.1. The molecule has 0 saturated carbocycles. The smallest absolute Gasteiger partial charge is 0.145 e. The molecule has 5 aromatic carbocycles. The second-order valence-electron chi connectivity index (χ2n) is 9.89. The number of hydrogen-bond acceptors (Lipinski definition) is 2. The second kappa shape index (κ2) is 7.35. The average molecular weight is 452 g/mol. The van der Waals surface area contributed by atoms with Crippen molar-refractivity contribution >= 4 is 33.3 Å². The highest BCUT2D eigenvalue weighted by Crippen LogP contribution is 2.49. The summed E-state index contributed by atoms with van der Waals surface area (Å²) in [5.74, 6) is 0. The van der Waals surface area contributed by atoms with Crippen molar-refractivity contribution < 1.29 is 4.42 Å². The summed E-state index contributed by atoms with van der Waals surface area (Å²) in [5, 5.41) is 5.98. The molecule has 2 heteroatoms. The minimum absolute atomic E-state index is 0.0293. The van der Waals surface area contributed by atoms with Crippen LogP contribution >= 0.6 is 0 Å². The maximum Gasteiger partial charge on any atom is 0.145 e. The largest absolute Gasteiger partial charge is 0.455 e. The Labute approximate surface area is 204 Å². The molecule has 7 rings (SSSR count). The number of nitrogens with one attached hydrogen (secondary N) is 1. The highest BCUT2D eigenvalue weighted by atomic mass is 16.3. The molecule has 1 aliphatic carbocycles. The van der Waals surface area contributed by atoms with E-state index in [0.717, 1.165) is 44.4 Å². The molecule has 0 amide bonds. The van der Waals surface area contributed by atoms with Crippen molar-refractivity contribution in [3.8, 4) is 22.3 Å². The fourth-order valence-electron chi connectivity index (χ4n) is 5.71. The standard InChI is InChI=1S/C33H25NO/c1-33(2)27-14-8-6-12-24(27)25-17-16-22(20-28(25)33)34-29-19-18-23(21-10-4-3-5-11-21)32-31(29)26-13-7-9-15-30(26)35-32/h3-20,34H,1-2H3. The van der Waals surface area contributed by atoms with E-state index >= 15 is 0 Å². The topological polar surface area (TPSA) is 25.2 Å². The van der Waals surface area contributed by atoms with Crippen LogP contribution in [0, 0.1) is 0 Å². The van der Waals surface area contributed by atoms with E-state index in [4.69, 9.17) is 4.42 Å².